The molecule has 0 atom stereocenters. The van der Waals surface area contributed by atoms with Crippen LogP contribution >= 0.6 is 0 Å². The van der Waals surface area contributed by atoms with Crippen molar-refractivity contribution >= 4 is 0 Å². The molecule has 0 spiro atoms. The van der Waals surface area contributed by atoms with Crippen molar-refractivity contribution < 1.29 is 0 Å². The second-order valence-corrected chi connectivity index (χ2v) is 3.08. The van der Waals surface area contributed by atoms with E-state index in [1.54, 1.807) is 0 Å². The fraction of sp³-hybridized carbons (Fsp3) is 0.846. The van der Waals surface area contributed by atoms with Crippen LogP contribution in [0.15, 0.2) is 12.2 Å². The van der Waals surface area contributed by atoms with Crippen molar-refractivity contribution in [2.75, 3.05) is 0 Å². The van der Waals surface area contributed by atoms with Crippen molar-refractivity contribution in [1.29, 1.82) is 0 Å². The van der Waals surface area contributed by atoms with Crippen molar-refractivity contribution in [3.05, 3.63) is 12.2 Å². The highest BCUT2D eigenvalue weighted by Crippen LogP contribution is 2.05. The van der Waals surface area contributed by atoms with E-state index >= 15 is 0 Å². The molecule has 0 unspecified atom stereocenters. The van der Waals surface area contributed by atoms with Crippen molar-refractivity contribution in [3.8, 4) is 0 Å². The van der Waals surface area contributed by atoms with E-state index in [2.05, 4.69) is 26.0 Å². The van der Waals surface area contributed by atoms with Crippen LogP contribution < -0.4 is 0 Å². The Balaban J connectivity index is -0.000000500. The number of allylic oxidation sites excluding steroid dienone is 2. The first-order valence-corrected chi connectivity index (χ1v) is 5.06. The topological polar surface area (TPSA) is 0 Å². The second kappa shape index (κ2) is 17.7. The van der Waals surface area contributed by atoms with Crippen LogP contribution in [0.5, 0.6) is 0 Å². The predicted molar refractivity (Wildman–Crippen MR) is 66.3 cm³/mol. The molecule has 0 saturated carbocycles. The smallest absolute Gasteiger partial charge is 0.0351 e. The van der Waals surface area contributed by atoms with Crippen LogP contribution in [0.2, 0.25) is 0 Å². The van der Waals surface area contributed by atoms with E-state index in [1.807, 2.05) is 0 Å². The molecule has 0 heteroatoms. The van der Waals surface area contributed by atoms with E-state index < -0.39 is 0 Å². The third-order valence-corrected chi connectivity index (χ3v) is 1.88. The lowest BCUT2D eigenvalue weighted by atomic mass is 10.1. The Morgan fingerprint density at radius 3 is 1.92 bits per heavy atom. The zero-order valence-electron chi connectivity index (χ0n) is 8.10. The summed E-state index contributed by atoms with van der Waals surface area (Å²) in [7, 11) is 0. The molecule has 0 aliphatic rings. The molecule has 0 nitrogen and oxygen atoms in total. The average molecular weight is 186 g/mol. The SMILES string of the molecule is C.C.CC/C=C/CCCCCCC. The Bertz CT molecular complexity index is 82.0. The summed E-state index contributed by atoms with van der Waals surface area (Å²) in [6.45, 7) is 4.45. The Hall–Kier alpha value is -0.260. The lowest BCUT2D eigenvalue weighted by Gasteiger charge is -1.95. The minimum absolute atomic E-state index is 0. The molecule has 0 aromatic carbocycles. The van der Waals surface area contributed by atoms with Gasteiger partial charge in [0.15, 0.2) is 0 Å². The molecule has 82 valence electrons. The normalized spacial score (nSPS) is 9.38. The van der Waals surface area contributed by atoms with E-state index in [9.17, 15) is 0 Å². The maximum Gasteiger partial charge on any atom is -0.0351 e. The molecule has 0 rings (SSSR count). The van der Waals surface area contributed by atoms with Gasteiger partial charge in [0.25, 0.3) is 0 Å². The number of hydrogen-bond acceptors (Lipinski definition) is 0. The molecular weight excluding hydrogens is 156 g/mol. The largest absolute Gasteiger partial charge is 0.0888 e. The molecule has 0 aliphatic carbocycles. The van der Waals surface area contributed by atoms with E-state index in [4.69, 9.17) is 0 Å². The van der Waals surface area contributed by atoms with Gasteiger partial charge in [0.1, 0.15) is 0 Å². The van der Waals surface area contributed by atoms with Gasteiger partial charge in [-0.25, -0.2) is 0 Å². The summed E-state index contributed by atoms with van der Waals surface area (Å²) in [6.07, 6.45) is 14.1. The number of rotatable bonds is 7. The summed E-state index contributed by atoms with van der Waals surface area (Å²) < 4.78 is 0. The summed E-state index contributed by atoms with van der Waals surface area (Å²) in [6, 6.07) is 0. The zero-order valence-corrected chi connectivity index (χ0v) is 8.10. The lowest BCUT2D eigenvalue weighted by molar-refractivity contribution is 0.637. The van der Waals surface area contributed by atoms with E-state index in [0.29, 0.717) is 0 Å². The molecule has 0 radical (unpaired) electrons. The molecule has 0 saturated heterocycles. The van der Waals surface area contributed by atoms with Gasteiger partial charge in [-0.15, -0.1) is 0 Å². The maximum absolute atomic E-state index is 2.31. The Kier molecular flexibility index (Phi) is 25.2. The van der Waals surface area contributed by atoms with Crippen LogP contribution in [0.3, 0.4) is 0 Å². The number of unbranched alkanes of at least 4 members (excludes halogenated alkanes) is 5. The monoisotopic (exact) mass is 186 g/mol. The molecule has 13 heavy (non-hydrogen) atoms. The first-order valence-electron chi connectivity index (χ1n) is 5.06. The van der Waals surface area contributed by atoms with Crippen LogP contribution in [0.25, 0.3) is 0 Å². The Morgan fingerprint density at radius 1 is 0.769 bits per heavy atom. The zero-order chi connectivity index (χ0) is 8.36. The van der Waals surface area contributed by atoms with E-state index in [0.717, 1.165) is 0 Å². The average Bonchev–Trinajstić information content (AvgIpc) is 2.03. The molecule has 0 aliphatic heterocycles. The standard InChI is InChI=1S/C11H22.2CH4/c1-3-5-7-9-11-10-8-6-4-2;;/h5,7H,3-4,6,8-11H2,1-2H3;2*1H4/b7-5+;;. The van der Waals surface area contributed by atoms with Gasteiger partial charge in [0, 0.05) is 0 Å². The van der Waals surface area contributed by atoms with Gasteiger partial charge >= 0.3 is 0 Å². The summed E-state index contributed by atoms with van der Waals surface area (Å²) >= 11 is 0. The van der Waals surface area contributed by atoms with Gasteiger partial charge in [0.2, 0.25) is 0 Å². The molecule has 0 bridgehead atoms. The first-order chi connectivity index (χ1) is 5.41. The summed E-state index contributed by atoms with van der Waals surface area (Å²) in [5.41, 5.74) is 0. The van der Waals surface area contributed by atoms with Gasteiger partial charge in [-0.05, 0) is 19.3 Å². The molecule has 0 heterocycles. The summed E-state index contributed by atoms with van der Waals surface area (Å²) in [5, 5.41) is 0. The lowest BCUT2D eigenvalue weighted by Crippen LogP contribution is -1.75. The van der Waals surface area contributed by atoms with Crippen molar-refractivity contribution in [1.82, 2.24) is 0 Å². The van der Waals surface area contributed by atoms with Gasteiger partial charge < -0.3 is 0 Å². The number of hydrogen-bond donors (Lipinski definition) is 0. The molecular formula is C13H30. The van der Waals surface area contributed by atoms with Crippen molar-refractivity contribution in [2.45, 2.75) is 73.6 Å². The van der Waals surface area contributed by atoms with Crippen LogP contribution in [0.1, 0.15) is 73.6 Å². The van der Waals surface area contributed by atoms with Crippen LogP contribution in [0, 0.1) is 0 Å². The van der Waals surface area contributed by atoms with Gasteiger partial charge in [-0.1, -0.05) is 66.5 Å². The van der Waals surface area contributed by atoms with Gasteiger partial charge in [0.05, 0.1) is 0 Å². The second-order valence-electron chi connectivity index (χ2n) is 3.08. The fourth-order valence-electron chi connectivity index (χ4n) is 1.15. The molecule has 0 aromatic heterocycles. The highest BCUT2D eigenvalue weighted by molar-refractivity contribution is 4.79. The van der Waals surface area contributed by atoms with Gasteiger partial charge in [-0.3, -0.25) is 0 Å². The third-order valence-electron chi connectivity index (χ3n) is 1.88. The Labute approximate surface area is 86.4 Å². The van der Waals surface area contributed by atoms with Crippen LogP contribution in [0.4, 0.5) is 0 Å². The van der Waals surface area contributed by atoms with Crippen LogP contribution in [-0.2, 0) is 0 Å². The minimum atomic E-state index is 0. The highest BCUT2D eigenvalue weighted by atomic mass is 13.9. The molecule has 0 fully saturated rings. The third kappa shape index (κ3) is 18.6. The van der Waals surface area contributed by atoms with Crippen LogP contribution in [-0.4, -0.2) is 0 Å². The first kappa shape index (κ1) is 18.5. The minimum Gasteiger partial charge on any atom is -0.0888 e. The quantitative estimate of drug-likeness (QED) is 0.359. The van der Waals surface area contributed by atoms with E-state index in [1.165, 1.54) is 44.9 Å². The Morgan fingerprint density at radius 2 is 1.38 bits per heavy atom. The fourth-order valence-corrected chi connectivity index (χ4v) is 1.15. The van der Waals surface area contributed by atoms with Gasteiger partial charge in [-0.2, -0.15) is 0 Å². The van der Waals surface area contributed by atoms with E-state index in [-0.39, 0.29) is 14.9 Å². The van der Waals surface area contributed by atoms with Crippen molar-refractivity contribution in [2.24, 2.45) is 0 Å². The predicted octanol–water partition coefficient (Wildman–Crippen LogP) is 5.59. The molecule has 0 N–H and O–H groups in total. The summed E-state index contributed by atoms with van der Waals surface area (Å²) in [4.78, 5) is 0. The molecule has 0 aromatic rings. The molecule has 0 amide bonds. The van der Waals surface area contributed by atoms with Crippen molar-refractivity contribution in [3.63, 3.8) is 0 Å². The highest BCUT2D eigenvalue weighted by Gasteiger charge is 1.85. The summed E-state index contributed by atoms with van der Waals surface area (Å²) in [5.74, 6) is 0. The maximum atomic E-state index is 2.31.